The third kappa shape index (κ3) is 2.57. The molecule has 0 spiro atoms. The number of anilines is 1. The Bertz CT molecular complexity index is 528. The van der Waals surface area contributed by atoms with Crippen molar-refractivity contribution < 1.29 is 9.59 Å². The molecule has 1 aromatic carbocycles. The Kier molecular flexibility index (Phi) is 3.75. The number of hydrogen-bond donors (Lipinski definition) is 3. The summed E-state index contributed by atoms with van der Waals surface area (Å²) in [5.74, 6) is -0.276. The van der Waals surface area contributed by atoms with E-state index in [9.17, 15) is 9.59 Å². The molecule has 2 unspecified atom stereocenters. The van der Waals surface area contributed by atoms with Gasteiger partial charge in [0.2, 0.25) is 11.8 Å². The summed E-state index contributed by atoms with van der Waals surface area (Å²) in [4.78, 5) is 25.8. The summed E-state index contributed by atoms with van der Waals surface area (Å²) < 4.78 is 0. The number of benzene rings is 1. The van der Waals surface area contributed by atoms with E-state index in [0.29, 0.717) is 12.4 Å². The van der Waals surface area contributed by atoms with Gasteiger partial charge in [-0.25, -0.2) is 15.8 Å². The summed E-state index contributed by atoms with van der Waals surface area (Å²) in [5.41, 5.74) is 7.64. The number of aryl methyl sites for hydroxylation is 1. The number of nitrogens with zero attached hydrogens (tertiary/aromatic N) is 1. The SMILES string of the molecule is Cc1ccc(N2C(=O)CC(SC3NCNN3)C2=O)cc1. The first-order valence-corrected chi connectivity index (χ1v) is 7.40. The summed E-state index contributed by atoms with van der Waals surface area (Å²) in [6.07, 6.45) is 0.247. The van der Waals surface area contributed by atoms with E-state index in [-0.39, 0.29) is 29.0 Å². The fourth-order valence-electron chi connectivity index (χ4n) is 2.26. The molecule has 1 aromatic rings. The molecule has 0 saturated carbocycles. The molecule has 7 heteroatoms. The summed E-state index contributed by atoms with van der Waals surface area (Å²) in [6, 6.07) is 7.43. The van der Waals surface area contributed by atoms with Crippen LogP contribution >= 0.6 is 11.8 Å². The van der Waals surface area contributed by atoms with Gasteiger partial charge in [-0.05, 0) is 19.1 Å². The van der Waals surface area contributed by atoms with Gasteiger partial charge in [0, 0.05) is 6.42 Å². The molecule has 0 bridgehead atoms. The van der Waals surface area contributed by atoms with Crippen molar-refractivity contribution in [3.8, 4) is 0 Å². The second-order valence-electron chi connectivity index (χ2n) is 4.81. The maximum Gasteiger partial charge on any atom is 0.247 e. The molecule has 2 amide bonds. The topological polar surface area (TPSA) is 73.5 Å². The monoisotopic (exact) mass is 292 g/mol. The highest BCUT2D eigenvalue weighted by molar-refractivity contribution is 8.01. The van der Waals surface area contributed by atoms with Crippen LogP contribution in [0.15, 0.2) is 24.3 Å². The lowest BCUT2D eigenvalue weighted by atomic mass is 10.2. The standard InChI is InChI=1S/C13H16N4O2S/c1-8-2-4-9(5-3-8)17-11(18)6-10(12(17)19)20-13-14-7-15-16-13/h2-5,10,13-16H,6-7H2,1H3. The highest BCUT2D eigenvalue weighted by Crippen LogP contribution is 2.31. The number of hydrazine groups is 1. The van der Waals surface area contributed by atoms with Gasteiger partial charge >= 0.3 is 0 Å². The Morgan fingerprint density at radius 2 is 2.00 bits per heavy atom. The average Bonchev–Trinajstić information content (AvgIpc) is 3.02. The Morgan fingerprint density at radius 3 is 2.65 bits per heavy atom. The fourth-order valence-corrected chi connectivity index (χ4v) is 3.38. The van der Waals surface area contributed by atoms with Crippen LogP contribution in [0.25, 0.3) is 0 Å². The highest BCUT2D eigenvalue weighted by Gasteiger charge is 2.41. The number of carbonyl (C=O) groups is 2. The molecule has 3 rings (SSSR count). The zero-order valence-electron chi connectivity index (χ0n) is 11.1. The van der Waals surface area contributed by atoms with Crippen molar-refractivity contribution in [2.75, 3.05) is 11.6 Å². The maximum absolute atomic E-state index is 12.4. The van der Waals surface area contributed by atoms with Gasteiger partial charge < -0.3 is 0 Å². The molecule has 2 aliphatic heterocycles. The number of imide groups is 1. The van der Waals surface area contributed by atoms with Crippen LogP contribution in [-0.2, 0) is 9.59 Å². The third-order valence-electron chi connectivity index (χ3n) is 3.31. The minimum Gasteiger partial charge on any atom is -0.278 e. The third-order valence-corrected chi connectivity index (χ3v) is 4.56. The number of carbonyl (C=O) groups excluding carboxylic acids is 2. The van der Waals surface area contributed by atoms with Crippen LogP contribution in [0.5, 0.6) is 0 Å². The van der Waals surface area contributed by atoms with E-state index in [2.05, 4.69) is 16.2 Å². The normalized spacial score (nSPS) is 26.6. The molecule has 2 saturated heterocycles. The molecule has 106 valence electrons. The molecule has 2 fully saturated rings. The van der Waals surface area contributed by atoms with E-state index in [1.54, 1.807) is 0 Å². The summed E-state index contributed by atoms with van der Waals surface area (Å²) in [6.45, 7) is 2.62. The van der Waals surface area contributed by atoms with E-state index in [4.69, 9.17) is 0 Å². The first kappa shape index (κ1) is 13.6. The Balaban J connectivity index is 1.74. The van der Waals surface area contributed by atoms with Crippen LogP contribution in [-0.4, -0.2) is 29.2 Å². The van der Waals surface area contributed by atoms with Gasteiger partial charge in [0.05, 0.1) is 17.6 Å². The van der Waals surface area contributed by atoms with Crippen LogP contribution < -0.4 is 21.1 Å². The molecule has 2 atom stereocenters. The quantitative estimate of drug-likeness (QED) is 0.696. The van der Waals surface area contributed by atoms with E-state index in [1.165, 1.54) is 16.7 Å². The van der Waals surface area contributed by atoms with Crippen LogP contribution in [0.4, 0.5) is 5.69 Å². The number of rotatable bonds is 3. The zero-order chi connectivity index (χ0) is 14.1. The van der Waals surface area contributed by atoms with Crippen molar-refractivity contribution in [1.82, 2.24) is 16.2 Å². The average molecular weight is 292 g/mol. The lowest BCUT2D eigenvalue weighted by Gasteiger charge is -2.16. The first-order chi connectivity index (χ1) is 9.65. The molecule has 2 heterocycles. The van der Waals surface area contributed by atoms with Crippen molar-refractivity contribution in [3.05, 3.63) is 29.8 Å². The predicted molar refractivity (Wildman–Crippen MR) is 77.7 cm³/mol. The van der Waals surface area contributed by atoms with Gasteiger partial charge in [-0.15, -0.1) is 11.8 Å². The summed E-state index contributed by atoms with van der Waals surface area (Å²) in [5, 5.41) is 2.80. The molecule has 0 aliphatic carbocycles. The smallest absolute Gasteiger partial charge is 0.247 e. The van der Waals surface area contributed by atoms with Crippen LogP contribution in [0.2, 0.25) is 0 Å². The largest absolute Gasteiger partial charge is 0.278 e. The van der Waals surface area contributed by atoms with Gasteiger partial charge in [-0.3, -0.25) is 14.9 Å². The van der Waals surface area contributed by atoms with Crippen molar-refractivity contribution in [2.24, 2.45) is 0 Å². The summed E-state index contributed by atoms with van der Waals surface area (Å²) >= 11 is 1.43. The number of thioether (sulfide) groups is 1. The fraction of sp³-hybridized carbons (Fsp3) is 0.385. The molecule has 2 aliphatic rings. The van der Waals surface area contributed by atoms with E-state index in [0.717, 1.165) is 5.56 Å². The Hall–Kier alpha value is -1.41. The highest BCUT2D eigenvalue weighted by atomic mass is 32.2. The molecule has 3 N–H and O–H groups in total. The minimum atomic E-state index is -0.339. The van der Waals surface area contributed by atoms with E-state index < -0.39 is 0 Å². The van der Waals surface area contributed by atoms with Crippen LogP contribution in [0.1, 0.15) is 12.0 Å². The van der Waals surface area contributed by atoms with E-state index in [1.807, 2.05) is 31.2 Å². The van der Waals surface area contributed by atoms with Gasteiger partial charge in [0.25, 0.3) is 0 Å². The molecular weight excluding hydrogens is 276 g/mol. The first-order valence-electron chi connectivity index (χ1n) is 6.46. The molecule has 0 radical (unpaired) electrons. The van der Waals surface area contributed by atoms with Gasteiger partial charge in [-0.2, -0.15) is 0 Å². The second-order valence-corrected chi connectivity index (χ2v) is 6.13. The van der Waals surface area contributed by atoms with Gasteiger partial charge in [0.1, 0.15) is 5.50 Å². The van der Waals surface area contributed by atoms with Crippen molar-refractivity contribution >= 4 is 29.3 Å². The number of amides is 2. The second kappa shape index (κ2) is 5.53. The molecule has 0 aromatic heterocycles. The van der Waals surface area contributed by atoms with Gasteiger partial charge in [-0.1, -0.05) is 17.7 Å². The lowest BCUT2D eigenvalue weighted by molar-refractivity contribution is -0.121. The van der Waals surface area contributed by atoms with Crippen LogP contribution in [0.3, 0.4) is 0 Å². The molecule has 20 heavy (non-hydrogen) atoms. The maximum atomic E-state index is 12.4. The summed E-state index contributed by atoms with van der Waals surface area (Å²) in [7, 11) is 0. The van der Waals surface area contributed by atoms with Gasteiger partial charge in [0.15, 0.2) is 0 Å². The Labute approximate surface area is 121 Å². The predicted octanol–water partition coefficient (Wildman–Crippen LogP) is 0.299. The van der Waals surface area contributed by atoms with Crippen molar-refractivity contribution in [2.45, 2.75) is 24.1 Å². The molecular formula is C13H16N4O2S. The van der Waals surface area contributed by atoms with Crippen molar-refractivity contribution in [3.63, 3.8) is 0 Å². The number of nitrogens with one attached hydrogen (secondary N) is 3. The lowest BCUT2D eigenvalue weighted by Crippen LogP contribution is -2.35. The Morgan fingerprint density at radius 1 is 1.25 bits per heavy atom. The van der Waals surface area contributed by atoms with E-state index >= 15 is 0 Å². The zero-order valence-corrected chi connectivity index (χ0v) is 11.9. The molecule has 6 nitrogen and oxygen atoms in total. The van der Waals surface area contributed by atoms with Crippen molar-refractivity contribution in [1.29, 1.82) is 0 Å². The van der Waals surface area contributed by atoms with Crippen LogP contribution in [0, 0.1) is 6.92 Å². The number of hydrogen-bond acceptors (Lipinski definition) is 6. The minimum absolute atomic E-state index is 0.0466.